The number of benzene rings is 1. The minimum atomic E-state index is -3.62. The Balaban J connectivity index is 0.00000241. The quantitative estimate of drug-likeness (QED) is 0.0563. The zero-order chi connectivity index (χ0) is 25.4. The highest BCUT2D eigenvalue weighted by Crippen LogP contribution is 2.61. The van der Waals surface area contributed by atoms with Gasteiger partial charge in [0.2, 0.25) is 0 Å². The Morgan fingerprint density at radius 3 is 2.71 bits per heavy atom. The number of Topliss-reactive ketones (excluding diaryl/α,β-unsaturated/α-hetero) is 1. The van der Waals surface area contributed by atoms with Crippen LogP contribution in [0.4, 0.5) is 0 Å². The van der Waals surface area contributed by atoms with Gasteiger partial charge in [0.25, 0.3) is 0 Å². The summed E-state index contributed by atoms with van der Waals surface area (Å²) in [5, 5.41) is 2.82. The van der Waals surface area contributed by atoms with Crippen LogP contribution in [0.15, 0.2) is 17.4 Å². The highest BCUT2D eigenvalue weighted by Gasteiger charge is 2.56. The van der Waals surface area contributed by atoms with Crippen LogP contribution in [0.25, 0.3) is 10.4 Å². The summed E-state index contributed by atoms with van der Waals surface area (Å²) < 4.78 is 33.1. The van der Waals surface area contributed by atoms with Gasteiger partial charge in [-0.05, 0) is 92.0 Å². The number of hydrogen-bond donors (Lipinski definition) is 0. The zero-order valence-electron chi connectivity index (χ0n) is 20.6. The molecule has 35 heavy (non-hydrogen) atoms. The molecule has 0 aromatic heterocycles. The Hall–Kier alpha value is -2.54. The number of aryl methyl sites for hydroxylation is 1. The number of carbonyl (C=O) groups is 2. The molecule has 0 heterocycles. The van der Waals surface area contributed by atoms with Crippen LogP contribution in [0.3, 0.4) is 0 Å². The Morgan fingerprint density at radius 2 is 2.03 bits per heavy atom. The van der Waals surface area contributed by atoms with E-state index in [0.717, 1.165) is 50.8 Å². The fourth-order valence-electron chi connectivity index (χ4n) is 6.63. The third-order valence-electron chi connectivity index (χ3n) is 8.15. The summed E-state index contributed by atoms with van der Waals surface area (Å²) in [5.74, 6) is 1.35. The SMILES string of the molecule is CC(=O)O[C@H]1CCC2[C@@H]3CCc4cc(OCOP(C)(=O)ON=[N+]=[N-])c(C(C)=O)cc4C3CC[C@@]21C.[HH].[HH]. The number of hydrogen-bond acceptors (Lipinski definition) is 8. The monoisotopic (exact) mass is 509 g/mol. The third-order valence-corrected chi connectivity index (χ3v) is 9.09. The topological polar surface area (TPSA) is 137 Å². The predicted molar refractivity (Wildman–Crippen MR) is 131 cm³/mol. The van der Waals surface area contributed by atoms with E-state index < -0.39 is 14.4 Å². The van der Waals surface area contributed by atoms with E-state index in [1.54, 1.807) is 0 Å². The summed E-state index contributed by atoms with van der Waals surface area (Å²) in [4.78, 5) is 26.5. The molecule has 2 saturated carbocycles. The average molecular weight is 510 g/mol. The zero-order valence-corrected chi connectivity index (χ0v) is 21.5. The molecule has 0 bridgehead atoms. The van der Waals surface area contributed by atoms with E-state index in [9.17, 15) is 14.2 Å². The van der Waals surface area contributed by atoms with E-state index in [1.807, 2.05) is 12.1 Å². The van der Waals surface area contributed by atoms with E-state index in [4.69, 9.17) is 19.5 Å². The van der Waals surface area contributed by atoms with E-state index in [2.05, 4.69) is 21.7 Å². The lowest BCUT2D eigenvalue weighted by Gasteiger charge is -2.50. The molecular formula is C24H36N3O7P. The Kier molecular flexibility index (Phi) is 7.18. The standard InChI is InChI=1S/C24H32N3O7P.2H2/c1-14(28)19-12-20-16(11-22(19)31-13-32-35(4,30)34-27-26-25)5-6-18-17(20)9-10-24(3)21(18)7-8-23(24)33-15(2)29;;/h11-12,17-18,21,23H,5-10,13H2,1-4H3;2*1H/t17?,18-,21?,23+,24+,35?;;/m1../s1. The summed E-state index contributed by atoms with van der Waals surface area (Å²) >= 11 is 0. The van der Waals surface area contributed by atoms with Gasteiger partial charge < -0.3 is 14.1 Å². The molecule has 1 aromatic carbocycles. The second-order valence-electron chi connectivity index (χ2n) is 10.2. The van der Waals surface area contributed by atoms with Crippen molar-refractivity contribution >= 4 is 19.3 Å². The van der Waals surface area contributed by atoms with Crippen molar-refractivity contribution in [2.45, 2.75) is 71.3 Å². The van der Waals surface area contributed by atoms with Gasteiger partial charge >= 0.3 is 13.6 Å². The second kappa shape index (κ2) is 9.84. The van der Waals surface area contributed by atoms with Crippen LogP contribution in [0, 0.1) is 17.3 Å². The van der Waals surface area contributed by atoms with Crippen LogP contribution < -0.4 is 4.74 Å². The molecule has 0 N–H and O–H groups in total. The fraction of sp³-hybridized carbons (Fsp3) is 0.667. The first-order chi connectivity index (χ1) is 16.6. The van der Waals surface area contributed by atoms with E-state index in [0.29, 0.717) is 29.1 Å². The van der Waals surface area contributed by atoms with Crippen LogP contribution in [0.2, 0.25) is 0 Å². The Morgan fingerprint density at radius 1 is 1.26 bits per heavy atom. The van der Waals surface area contributed by atoms with E-state index in [1.165, 1.54) is 19.4 Å². The number of fused-ring (bicyclic) bond motifs is 5. The first-order valence-corrected chi connectivity index (χ1v) is 14.0. The van der Waals surface area contributed by atoms with Gasteiger partial charge in [0.15, 0.2) is 12.6 Å². The molecule has 11 heteroatoms. The molecule has 3 unspecified atom stereocenters. The molecule has 0 spiro atoms. The van der Waals surface area contributed by atoms with Crippen LogP contribution in [-0.2, 0) is 29.7 Å². The van der Waals surface area contributed by atoms with Crippen LogP contribution in [0.1, 0.15) is 83.1 Å². The molecule has 0 aliphatic heterocycles. The second-order valence-corrected chi connectivity index (χ2v) is 12.1. The number of rotatable bonds is 8. The highest BCUT2D eigenvalue weighted by atomic mass is 31.2. The molecule has 0 saturated heterocycles. The average Bonchev–Trinajstić information content (AvgIpc) is 3.12. The molecule has 194 valence electrons. The highest BCUT2D eigenvalue weighted by molar-refractivity contribution is 7.52. The molecule has 0 radical (unpaired) electrons. The van der Waals surface area contributed by atoms with Crippen molar-refractivity contribution in [1.29, 1.82) is 0 Å². The summed E-state index contributed by atoms with van der Waals surface area (Å²) in [6, 6.07) is 3.84. The fourth-order valence-corrected chi connectivity index (χ4v) is 7.09. The molecule has 4 rings (SSSR count). The number of ether oxygens (including phenoxy) is 2. The van der Waals surface area contributed by atoms with Crippen molar-refractivity contribution in [3.63, 3.8) is 0 Å². The van der Waals surface area contributed by atoms with Crippen LogP contribution in [-0.4, -0.2) is 31.3 Å². The maximum atomic E-state index is 12.5. The van der Waals surface area contributed by atoms with Crippen LogP contribution in [0.5, 0.6) is 5.75 Å². The van der Waals surface area contributed by atoms with Gasteiger partial charge in [-0.1, -0.05) is 6.92 Å². The number of esters is 1. The number of ketones is 1. The number of nitrogens with zero attached hydrogens (tertiary/aromatic N) is 3. The smallest absolute Gasteiger partial charge is 0.385 e. The lowest BCUT2D eigenvalue weighted by molar-refractivity contribution is -0.154. The Bertz CT molecular complexity index is 1130. The lowest BCUT2D eigenvalue weighted by Crippen LogP contribution is -2.45. The first kappa shape index (κ1) is 25.5. The van der Waals surface area contributed by atoms with Gasteiger partial charge in [-0.3, -0.25) is 14.1 Å². The summed E-state index contributed by atoms with van der Waals surface area (Å²) in [6.45, 7) is 6.00. The number of carbonyl (C=O) groups excluding carboxylic acids is 2. The molecule has 6 atom stereocenters. The van der Waals surface area contributed by atoms with Gasteiger partial charge in [0.1, 0.15) is 17.1 Å². The van der Waals surface area contributed by atoms with Crippen molar-refractivity contribution in [1.82, 2.24) is 0 Å². The minimum Gasteiger partial charge on any atom is -0.466 e. The van der Waals surface area contributed by atoms with Crippen molar-refractivity contribution in [2.24, 2.45) is 22.5 Å². The van der Waals surface area contributed by atoms with Gasteiger partial charge in [-0.2, -0.15) is 0 Å². The third kappa shape index (κ3) is 5.06. The largest absolute Gasteiger partial charge is 0.466 e. The van der Waals surface area contributed by atoms with Gasteiger partial charge in [-0.15, -0.1) is 0 Å². The van der Waals surface area contributed by atoms with Gasteiger partial charge in [-0.25, -0.2) is 4.57 Å². The maximum absolute atomic E-state index is 12.5. The summed E-state index contributed by atoms with van der Waals surface area (Å²) in [5.41, 5.74) is 11.1. The van der Waals surface area contributed by atoms with E-state index in [-0.39, 0.29) is 26.1 Å². The molecule has 3 aliphatic carbocycles. The maximum Gasteiger partial charge on any atom is 0.385 e. The summed E-state index contributed by atoms with van der Waals surface area (Å²) in [6.07, 6.45) is 5.81. The molecule has 1 aromatic rings. The predicted octanol–water partition coefficient (Wildman–Crippen LogP) is 6.59. The van der Waals surface area contributed by atoms with Crippen molar-refractivity contribution < 1.29 is 35.6 Å². The van der Waals surface area contributed by atoms with Gasteiger partial charge in [0, 0.05) is 20.1 Å². The van der Waals surface area contributed by atoms with Crippen molar-refractivity contribution in [2.75, 3.05) is 13.5 Å². The number of azide groups is 1. The summed E-state index contributed by atoms with van der Waals surface area (Å²) in [7, 11) is -3.62. The van der Waals surface area contributed by atoms with Crippen molar-refractivity contribution in [3.8, 4) is 5.75 Å². The Labute approximate surface area is 207 Å². The minimum absolute atomic E-state index is 0. The lowest BCUT2D eigenvalue weighted by atomic mass is 9.55. The molecule has 0 amide bonds. The molecular weight excluding hydrogens is 473 g/mol. The van der Waals surface area contributed by atoms with Crippen LogP contribution >= 0.6 is 7.60 Å². The van der Waals surface area contributed by atoms with Crippen molar-refractivity contribution in [3.05, 3.63) is 39.3 Å². The molecule has 3 aliphatic rings. The molecule has 10 nitrogen and oxygen atoms in total. The van der Waals surface area contributed by atoms with Gasteiger partial charge in [0.05, 0.1) is 12.2 Å². The first-order valence-electron chi connectivity index (χ1n) is 12.0. The molecule has 2 fully saturated rings. The van der Waals surface area contributed by atoms with E-state index >= 15 is 0 Å². The normalized spacial score (nSPS) is 30.5.